The van der Waals surface area contributed by atoms with Gasteiger partial charge in [0.15, 0.2) is 0 Å². The molecule has 156 valence electrons. The number of nitrogens with zero attached hydrogens (tertiary/aromatic N) is 5. The minimum Gasteiger partial charge on any atom is -0.396 e. The average molecular weight is 421 g/mol. The summed E-state index contributed by atoms with van der Waals surface area (Å²) in [6.45, 7) is 0.0874. The molecule has 0 unspecified atom stereocenters. The van der Waals surface area contributed by atoms with Crippen molar-refractivity contribution < 1.29 is 36.2 Å². The van der Waals surface area contributed by atoms with E-state index in [-0.39, 0.29) is 11.7 Å². The third-order valence-electron chi connectivity index (χ3n) is 3.61. The number of aromatic nitrogens is 2. The molecular weight excluding hydrogens is 408 g/mol. The third-order valence-corrected chi connectivity index (χ3v) is 3.61. The number of ether oxygens (including phenoxy) is 1. The number of aliphatic hydroxyl groups excluding tert-OH is 1. The number of hydrogen-bond donors (Lipinski definition) is 1. The van der Waals surface area contributed by atoms with Gasteiger partial charge in [-0.25, -0.2) is 0 Å². The fourth-order valence-electron chi connectivity index (χ4n) is 2.05. The van der Waals surface area contributed by atoms with Crippen molar-refractivity contribution in [3.63, 3.8) is 0 Å². The lowest BCUT2D eigenvalue weighted by Gasteiger charge is -2.09. The summed E-state index contributed by atoms with van der Waals surface area (Å²) in [5.74, 6) is 0. The first-order valence-corrected chi connectivity index (χ1v) is 7.89. The van der Waals surface area contributed by atoms with Crippen LogP contribution in [-0.2, 0) is 17.1 Å². The molecule has 1 saturated heterocycles. The van der Waals surface area contributed by atoms with Crippen LogP contribution in [0.5, 0.6) is 0 Å². The highest BCUT2D eigenvalue weighted by atomic mass is 19.4. The van der Waals surface area contributed by atoms with Crippen LogP contribution in [0.15, 0.2) is 41.8 Å². The molecule has 29 heavy (non-hydrogen) atoms. The molecule has 1 fully saturated rings. The van der Waals surface area contributed by atoms with Crippen molar-refractivity contribution in [1.29, 1.82) is 0 Å². The highest BCUT2D eigenvalue weighted by molar-refractivity contribution is 5.20. The predicted molar refractivity (Wildman–Crippen MR) is 86.1 cm³/mol. The lowest BCUT2D eigenvalue weighted by molar-refractivity contribution is -0.142. The van der Waals surface area contributed by atoms with Crippen LogP contribution in [-0.4, -0.2) is 28.3 Å². The first-order chi connectivity index (χ1) is 13.6. The summed E-state index contributed by atoms with van der Waals surface area (Å²) in [4.78, 5) is 8.96. The maximum atomic E-state index is 12.2. The molecule has 0 amide bonds. The van der Waals surface area contributed by atoms with E-state index in [4.69, 9.17) is 15.4 Å². The van der Waals surface area contributed by atoms with Crippen molar-refractivity contribution in [3.05, 3.63) is 69.6 Å². The fraction of sp³-hybridized carbons (Fsp3) is 0.375. The standard InChI is InChI=1S/C8H7F3N4O.C8H6F3NO/c9-8(10,11)7-2-1-5(3-13-7)6(4-16)14-15-12;9-8(10,11)7-2-1-5(3-12-7)6-4-13-6/h1-3,6,16H,4H2;1-3,6H,4H2/t2*6-/m11/s1. The Morgan fingerprint density at radius 1 is 1.07 bits per heavy atom. The van der Waals surface area contributed by atoms with E-state index < -0.39 is 36.4 Å². The van der Waals surface area contributed by atoms with Crippen molar-refractivity contribution in [3.8, 4) is 0 Å². The van der Waals surface area contributed by atoms with Crippen molar-refractivity contribution in [2.45, 2.75) is 24.5 Å². The minimum absolute atomic E-state index is 0.0465. The molecule has 0 spiro atoms. The maximum Gasteiger partial charge on any atom is 0.433 e. The van der Waals surface area contributed by atoms with E-state index in [1.165, 1.54) is 12.3 Å². The predicted octanol–water partition coefficient (Wildman–Crippen LogP) is 4.62. The quantitative estimate of drug-likeness (QED) is 0.256. The van der Waals surface area contributed by atoms with Gasteiger partial charge in [0.1, 0.15) is 17.5 Å². The van der Waals surface area contributed by atoms with Crippen LogP contribution in [0.1, 0.15) is 34.7 Å². The van der Waals surface area contributed by atoms with E-state index in [2.05, 4.69) is 20.0 Å². The van der Waals surface area contributed by atoms with Crippen molar-refractivity contribution in [2.24, 2.45) is 5.11 Å². The SMILES string of the molecule is FC(F)(F)c1ccc([C@H]2CO2)cn1.[N-]=[N+]=N[C@H](CO)c1ccc(C(F)(F)F)nc1. The molecule has 0 aromatic carbocycles. The van der Waals surface area contributed by atoms with E-state index in [0.717, 1.165) is 24.4 Å². The highest BCUT2D eigenvalue weighted by Crippen LogP contribution is 2.32. The Bertz CT molecular complexity index is 844. The molecule has 2 aromatic heterocycles. The van der Waals surface area contributed by atoms with E-state index in [0.29, 0.717) is 12.2 Å². The molecule has 7 nitrogen and oxygen atoms in total. The Kier molecular flexibility index (Phi) is 7.01. The number of azide groups is 1. The number of epoxide rings is 1. The molecule has 0 bridgehead atoms. The number of pyridine rings is 2. The summed E-state index contributed by atoms with van der Waals surface area (Å²) in [5.41, 5.74) is 7.19. The second-order valence-corrected chi connectivity index (χ2v) is 5.67. The highest BCUT2D eigenvalue weighted by Gasteiger charge is 2.33. The van der Waals surface area contributed by atoms with Gasteiger partial charge in [0.05, 0.1) is 19.3 Å². The summed E-state index contributed by atoms with van der Waals surface area (Å²) in [7, 11) is 0. The Morgan fingerprint density at radius 3 is 1.97 bits per heavy atom. The lowest BCUT2D eigenvalue weighted by atomic mass is 10.1. The van der Waals surface area contributed by atoms with Gasteiger partial charge in [-0.05, 0) is 23.2 Å². The molecule has 3 rings (SSSR count). The second kappa shape index (κ2) is 9.07. The van der Waals surface area contributed by atoms with Gasteiger partial charge < -0.3 is 9.84 Å². The molecule has 1 aliphatic rings. The molecule has 0 aliphatic carbocycles. The van der Waals surface area contributed by atoms with Crippen LogP contribution in [0, 0.1) is 0 Å². The Morgan fingerprint density at radius 2 is 1.62 bits per heavy atom. The van der Waals surface area contributed by atoms with E-state index in [1.54, 1.807) is 0 Å². The molecule has 2 aromatic rings. The van der Waals surface area contributed by atoms with Crippen LogP contribution < -0.4 is 0 Å². The van der Waals surface area contributed by atoms with E-state index >= 15 is 0 Å². The fourth-order valence-corrected chi connectivity index (χ4v) is 2.05. The monoisotopic (exact) mass is 421 g/mol. The van der Waals surface area contributed by atoms with Gasteiger partial charge >= 0.3 is 12.4 Å². The van der Waals surface area contributed by atoms with Crippen molar-refractivity contribution in [1.82, 2.24) is 9.97 Å². The van der Waals surface area contributed by atoms with E-state index in [9.17, 15) is 26.3 Å². The van der Waals surface area contributed by atoms with Crippen molar-refractivity contribution in [2.75, 3.05) is 13.2 Å². The van der Waals surface area contributed by atoms with Crippen LogP contribution >= 0.6 is 0 Å². The van der Waals surface area contributed by atoms with E-state index in [1.807, 2.05) is 0 Å². The summed E-state index contributed by atoms with van der Waals surface area (Å²) in [6, 6.07) is 3.33. The second-order valence-electron chi connectivity index (χ2n) is 5.67. The number of alkyl halides is 6. The molecular formula is C16H13F6N5O2. The molecule has 1 N–H and O–H groups in total. The Labute approximate surface area is 159 Å². The average Bonchev–Trinajstić information content (AvgIpc) is 3.51. The summed E-state index contributed by atoms with van der Waals surface area (Å²) in [5, 5.41) is 12.0. The zero-order chi connectivity index (χ0) is 21.7. The molecule has 3 heterocycles. The van der Waals surface area contributed by atoms with Gasteiger partial charge in [0, 0.05) is 22.9 Å². The van der Waals surface area contributed by atoms with Gasteiger partial charge in [-0.3, -0.25) is 9.97 Å². The first kappa shape index (κ1) is 22.4. The normalized spacial score (nSPS) is 16.9. The number of halogens is 6. The number of aliphatic hydroxyl groups is 1. The maximum absolute atomic E-state index is 12.2. The molecule has 2 atom stereocenters. The minimum atomic E-state index is -4.51. The van der Waals surface area contributed by atoms with Gasteiger partial charge in [0.2, 0.25) is 0 Å². The zero-order valence-corrected chi connectivity index (χ0v) is 14.4. The summed E-state index contributed by atoms with van der Waals surface area (Å²) in [6.07, 6.45) is -6.78. The number of rotatable bonds is 4. The van der Waals surface area contributed by atoms with Crippen LogP contribution in [0.3, 0.4) is 0 Å². The Hall–Kier alpha value is -2.89. The molecule has 13 heteroatoms. The lowest BCUT2D eigenvalue weighted by Crippen LogP contribution is -2.09. The molecule has 0 saturated carbocycles. The topological polar surface area (TPSA) is 107 Å². The molecule has 1 aliphatic heterocycles. The van der Waals surface area contributed by atoms with Crippen molar-refractivity contribution >= 4 is 0 Å². The molecule has 0 radical (unpaired) electrons. The van der Waals surface area contributed by atoms with Crippen LogP contribution in [0.2, 0.25) is 0 Å². The van der Waals surface area contributed by atoms with Crippen LogP contribution in [0.25, 0.3) is 10.4 Å². The summed E-state index contributed by atoms with van der Waals surface area (Å²) >= 11 is 0. The van der Waals surface area contributed by atoms with Crippen LogP contribution in [0.4, 0.5) is 26.3 Å². The first-order valence-electron chi connectivity index (χ1n) is 7.89. The van der Waals surface area contributed by atoms with Gasteiger partial charge in [-0.15, -0.1) is 0 Å². The Balaban J connectivity index is 0.000000211. The smallest absolute Gasteiger partial charge is 0.396 e. The van der Waals surface area contributed by atoms with Gasteiger partial charge in [-0.1, -0.05) is 17.2 Å². The summed E-state index contributed by atoms with van der Waals surface area (Å²) < 4.78 is 77.5. The zero-order valence-electron chi connectivity index (χ0n) is 14.4. The largest absolute Gasteiger partial charge is 0.433 e. The van der Waals surface area contributed by atoms with Gasteiger partial charge in [0.25, 0.3) is 0 Å². The number of hydrogen-bond acceptors (Lipinski definition) is 5. The third kappa shape index (κ3) is 6.59. The van der Waals surface area contributed by atoms with Gasteiger partial charge in [-0.2, -0.15) is 26.3 Å².